The zero-order chi connectivity index (χ0) is 13.4. The van der Waals surface area contributed by atoms with Crippen LogP contribution >= 0.6 is 0 Å². The van der Waals surface area contributed by atoms with E-state index in [0.717, 1.165) is 22.2 Å². The zero-order valence-corrected chi connectivity index (χ0v) is 10.8. The molecule has 0 aliphatic heterocycles. The molecule has 0 radical (unpaired) electrons. The molecule has 0 saturated carbocycles. The number of rotatable bonds is 1. The van der Waals surface area contributed by atoms with Crippen LogP contribution in [0.1, 0.15) is 0 Å². The van der Waals surface area contributed by atoms with Crippen LogP contribution in [0, 0.1) is 0 Å². The second kappa shape index (κ2) is 4.42. The Bertz CT molecular complexity index is 825. The molecule has 0 saturated heterocycles. The van der Waals surface area contributed by atoms with Crippen LogP contribution in [0.15, 0.2) is 73.1 Å². The van der Waals surface area contributed by atoms with Crippen molar-refractivity contribution in [2.75, 3.05) is 0 Å². The summed E-state index contributed by atoms with van der Waals surface area (Å²) in [6, 6.07) is 20.6. The summed E-state index contributed by atoms with van der Waals surface area (Å²) >= 11 is 0. The number of hydrogen-bond acceptors (Lipinski definition) is 2. The van der Waals surface area contributed by atoms with Gasteiger partial charge in [0.15, 0.2) is 0 Å². The van der Waals surface area contributed by atoms with Crippen molar-refractivity contribution >= 4 is 21.5 Å². The summed E-state index contributed by atoms with van der Waals surface area (Å²) in [7, 11) is 0. The minimum Gasteiger partial charge on any atom is -0.254 e. The van der Waals surface area contributed by atoms with Crippen molar-refractivity contribution in [1.29, 1.82) is 0 Å². The molecular weight excluding hydrogens is 244 g/mol. The summed E-state index contributed by atoms with van der Waals surface area (Å²) in [5, 5.41) is 4.65. The summed E-state index contributed by atoms with van der Waals surface area (Å²) in [4.78, 5) is 9.13. The van der Waals surface area contributed by atoms with Crippen molar-refractivity contribution in [3.63, 3.8) is 0 Å². The summed E-state index contributed by atoms with van der Waals surface area (Å²) in [6.45, 7) is 0. The lowest BCUT2D eigenvalue weighted by Crippen LogP contribution is -1.90. The first-order valence-corrected chi connectivity index (χ1v) is 6.61. The highest BCUT2D eigenvalue weighted by atomic mass is 14.8. The first-order chi connectivity index (χ1) is 9.93. The number of aromatic nitrogens is 2. The molecule has 0 spiro atoms. The van der Waals surface area contributed by atoms with Gasteiger partial charge in [-0.3, -0.25) is 9.97 Å². The maximum Gasteiger partial charge on any atom is 0.0970 e. The highest BCUT2D eigenvalue weighted by Gasteiger charge is 2.09. The fourth-order valence-corrected chi connectivity index (χ4v) is 2.62. The minimum atomic E-state index is 0.944. The number of pyridine rings is 2. The van der Waals surface area contributed by atoms with Gasteiger partial charge in [-0.05, 0) is 22.9 Å². The first kappa shape index (κ1) is 11.1. The van der Waals surface area contributed by atoms with E-state index < -0.39 is 0 Å². The Balaban J connectivity index is 2.12. The Labute approximate surface area is 116 Å². The van der Waals surface area contributed by atoms with Gasteiger partial charge in [0.2, 0.25) is 0 Å². The molecule has 4 aromatic rings. The maximum absolute atomic E-state index is 4.56. The van der Waals surface area contributed by atoms with Gasteiger partial charge in [-0.2, -0.15) is 0 Å². The van der Waals surface area contributed by atoms with Crippen molar-refractivity contribution in [2.45, 2.75) is 0 Å². The summed E-state index contributed by atoms with van der Waals surface area (Å²) in [5.41, 5.74) is 1.89. The first-order valence-electron chi connectivity index (χ1n) is 6.61. The van der Waals surface area contributed by atoms with Gasteiger partial charge in [0.1, 0.15) is 0 Å². The largest absolute Gasteiger partial charge is 0.254 e. The van der Waals surface area contributed by atoms with E-state index in [-0.39, 0.29) is 0 Å². The summed E-state index contributed by atoms with van der Waals surface area (Å²) in [6.07, 6.45) is 3.70. The van der Waals surface area contributed by atoms with Crippen LogP contribution in [-0.4, -0.2) is 9.97 Å². The molecule has 0 amide bonds. The van der Waals surface area contributed by atoms with Crippen molar-refractivity contribution in [3.05, 3.63) is 73.1 Å². The van der Waals surface area contributed by atoms with E-state index in [0.29, 0.717) is 0 Å². The standard InChI is InChI=1S/C18H12N2/c1-3-7-15-13(5-1)9-11-19-17(15)18-16-8-4-2-6-14(16)10-12-20-18/h1-12H. The molecule has 0 N–H and O–H groups in total. The molecule has 2 aromatic carbocycles. The molecule has 94 valence electrons. The number of fused-ring (bicyclic) bond motifs is 2. The third-order valence-corrected chi connectivity index (χ3v) is 3.57. The van der Waals surface area contributed by atoms with Gasteiger partial charge in [-0.15, -0.1) is 0 Å². The fourth-order valence-electron chi connectivity index (χ4n) is 2.62. The van der Waals surface area contributed by atoms with Crippen LogP contribution in [0.4, 0.5) is 0 Å². The third kappa shape index (κ3) is 1.66. The normalized spacial score (nSPS) is 11.0. The van der Waals surface area contributed by atoms with Gasteiger partial charge in [0, 0.05) is 23.2 Å². The monoisotopic (exact) mass is 256 g/mol. The fraction of sp³-hybridized carbons (Fsp3) is 0. The SMILES string of the molecule is c1ccc2c(-c3nccc4ccccc34)nccc2c1. The second-order valence-corrected chi connectivity index (χ2v) is 4.76. The Morgan fingerprint density at radius 3 is 1.45 bits per heavy atom. The van der Waals surface area contributed by atoms with Crippen LogP contribution in [0.25, 0.3) is 32.9 Å². The van der Waals surface area contributed by atoms with E-state index in [1.54, 1.807) is 0 Å². The van der Waals surface area contributed by atoms with Crippen molar-refractivity contribution in [1.82, 2.24) is 9.97 Å². The molecule has 20 heavy (non-hydrogen) atoms. The maximum atomic E-state index is 4.56. The van der Waals surface area contributed by atoms with Gasteiger partial charge in [0.05, 0.1) is 11.4 Å². The van der Waals surface area contributed by atoms with E-state index in [2.05, 4.69) is 34.2 Å². The Morgan fingerprint density at radius 2 is 0.950 bits per heavy atom. The molecule has 0 aliphatic rings. The summed E-state index contributed by atoms with van der Waals surface area (Å²) in [5.74, 6) is 0. The minimum absolute atomic E-state index is 0.944. The molecule has 2 heterocycles. The zero-order valence-electron chi connectivity index (χ0n) is 10.8. The quantitative estimate of drug-likeness (QED) is 0.503. The van der Waals surface area contributed by atoms with Gasteiger partial charge < -0.3 is 0 Å². The Morgan fingerprint density at radius 1 is 0.500 bits per heavy atom. The average molecular weight is 256 g/mol. The van der Waals surface area contributed by atoms with Crippen molar-refractivity contribution in [2.24, 2.45) is 0 Å². The van der Waals surface area contributed by atoms with Crippen LogP contribution < -0.4 is 0 Å². The third-order valence-electron chi connectivity index (χ3n) is 3.57. The highest BCUT2D eigenvalue weighted by molar-refractivity contribution is 6.02. The van der Waals surface area contributed by atoms with E-state index in [1.807, 2.05) is 48.8 Å². The highest BCUT2D eigenvalue weighted by Crippen LogP contribution is 2.29. The smallest absolute Gasteiger partial charge is 0.0970 e. The molecule has 0 bridgehead atoms. The van der Waals surface area contributed by atoms with E-state index in [4.69, 9.17) is 0 Å². The Hall–Kier alpha value is -2.74. The van der Waals surface area contributed by atoms with Crippen molar-refractivity contribution in [3.8, 4) is 11.4 Å². The number of benzene rings is 2. The predicted molar refractivity (Wildman–Crippen MR) is 82.5 cm³/mol. The van der Waals surface area contributed by atoms with Gasteiger partial charge in [-0.25, -0.2) is 0 Å². The van der Waals surface area contributed by atoms with Crippen LogP contribution in [0.2, 0.25) is 0 Å². The summed E-state index contributed by atoms with van der Waals surface area (Å²) < 4.78 is 0. The number of nitrogens with zero attached hydrogens (tertiary/aromatic N) is 2. The van der Waals surface area contributed by atoms with Crippen molar-refractivity contribution < 1.29 is 0 Å². The molecule has 0 aliphatic carbocycles. The lowest BCUT2D eigenvalue weighted by atomic mass is 10.0. The molecule has 0 unspecified atom stereocenters. The number of hydrogen-bond donors (Lipinski definition) is 0. The second-order valence-electron chi connectivity index (χ2n) is 4.76. The average Bonchev–Trinajstić information content (AvgIpc) is 2.54. The van der Waals surface area contributed by atoms with Gasteiger partial charge in [-0.1, -0.05) is 48.5 Å². The molecule has 0 atom stereocenters. The van der Waals surface area contributed by atoms with E-state index >= 15 is 0 Å². The molecule has 0 fully saturated rings. The lowest BCUT2D eigenvalue weighted by molar-refractivity contribution is 1.29. The van der Waals surface area contributed by atoms with E-state index in [1.165, 1.54) is 10.8 Å². The van der Waals surface area contributed by atoms with Gasteiger partial charge in [0.25, 0.3) is 0 Å². The van der Waals surface area contributed by atoms with E-state index in [9.17, 15) is 0 Å². The molecular formula is C18H12N2. The van der Waals surface area contributed by atoms with Gasteiger partial charge >= 0.3 is 0 Å². The molecule has 2 nitrogen and oxygen atoms in total. The molecule has 4 rings (SSSR count). The molecule has 2 heteroatoms. The van der Waals surface area contributed by atoms with Crippen LogP contribution in [0.3, 0.4) is 0 Å². The Kier molecular flexibility index (Phi) is 2.46. The topological polar surface area (TPSA) is 25.8 Å². The lowest BCUT2D eigenvalue weighted by Gasteiger charge is -2.07. The predicted octanol–water partition coefficient (Wildman–Crippen LogP) is 4.45. The van der Waals surface area contributed by atoms with Crippen LogP contribution in [-0.2, 0) is 0 Å². The molecule has 2 aromatic heterocycles. The van der Waals surface area contributed by atoms with Crippen LogP contribution in [0.5, 0.6) is 0 Å².